The highest BCUT2D eigenvalue weighted by atomic mass is 16.3. The molecule has 7 nitrogen and oxygen atoms in total. The van der Waals surface area contributed by atoms with Gasteiger partial charge in [-0.1, -0.05) is 0 Å². The van der Waals surface area contributed by atoms with Crippen molar-refractivity contribution in [1.29, 1.82) is 0 Å². The minimum absolute atomic E-state index is 0.0204. The van der Waals surface area contributed by atoms with Gasteiger partial charge in [0, 0.05) is 30.3 Å². The summed E-state index contributed by atoms with van der Waals surface area (Å²) in [5.41, 5.74) is 1.35. The van der Waals surface area contributed by atoms with Crippen LogP contribution in [0, 0.1) is 0 Å². The number of aliphatic hydroxyl groups is 1. The highest BCUT2D eigenvalue weighted by Gasteiger charge is 2.30. The van der Waals surface area contributed by atoms with Crippen LogP contribution in [0.3, 0.4) is 0 Å². The number of carbonyl (C=O) groups excluding carboxylic acids is 2. The predicted molar refractivity (Wildman–Crippen MR) is 85.8 cm³/mol. The first kappa shape index (κ1) is 15.5. The van der Waals surface area contributed by atoms with Gasteiger partial charge in [-0.15, -0.1) is 0 Å². The minimum atomic E-state index is -0.645. The van der Waals surface area contributed by atoms with Crippen molar-refractivity contribution < 1.29 is 14.7 Å². The van der Waals surface area contributed by atoms with E-state index in [1.54, 1.807) is 23.2 Å². The van der Waals surface area contributed by atoms with Crippen LogP contribution in [0.1, 0.15) is 25.7 Å². The Labute approximate surface area is 133 Å². The lowest BCUT2D eigenvalue weighted by Gasteiger charge is -2.35. The van der Waals surface area contributed by atoms with E-state index in [4.69, 9.17) is 5.11 Å². The molecular weight excluding hydrogens is 296 g/mol. The zero-order chi connectivity index (χ0) is 16.2. The molecule has 3 N–H and O–H groups in total. The molecule has 2 aromatic rings. The zero-order valence-electron chi connectivity index (χ0n) is 12.8. The number of hydrogen-bond acceptors (Lipinski definition) is 4. The number of nitrogens with zero attached hydrogens (tertiary/aromatic N) is 2. The highest BCUT2D eigenvalue weighted by Crippen LogP contribution is 2.21. The number of H-pyrrole nitrogens is 1. The number of likely N-dealkylation sites (tertiary alicyclic amines) is 1. The van der Waals surface area contributed by atoms with Crippen LogP contribution < -0.4 is 5.32 Å². The molecule has 1 unspecified atom stereocenters. The number of rotatable bonds is 3. The van der Waals surface area contributed by atoms with Crippen LogP contribution in [-0.2, 0) is 9.59 Å². The molecule has 1 aliphatic rings. The standard InChI is InChI=1S/C16H20N4O3/c21-8-6-13-3-1-2-7-20(13)16(23)15(22)18-12-5-4-11-10-17-19-14(11)9-12/h4-5,9-10,13,21H,1-3,6-8H2,(H,17,19)(H,18,22). The lowest BCUT2D eigenvalue weighted by Crippen LogP contribution is -2.48. The van der Waals surface area contributed by atoms with Crippen LogP contribution in [0.25, 0.3) is 10.9 Å². The average molecular weight is 316 g/mol. The smallest absolute Gasteiger partial charge is 0.313 e. The molecule has 0 radical (unpaired) electrons. The lowest BCUT2D eigenvalue weighted by atomic mass is 9.99. The number of aromatic amines is 1. The predicted octanol–water partition coefficient (Wildman–Crippen LogP) is 1.26. The molecule has 1 fully saturated rings. The molecular formula is C16H20N4O3. The first-order valence-electron chi connectivity index (χ1n) is 7.85. The second kappa shape index (κ2) is 6.78. The van der Waals surface area contributed by atoms with E-state index in [0.717, 1.165) is 30.2 Å². The number of amides is 2. The first-order valence-corrected chi connectivity index (χ1v) is 7.85. The van der Waals surface area contributed by atoms with Crippen LogP contribution >= 0.6 is 0 Å². The second-order valence-corrected chi connectivity index (χ2v) is 5.79. The number of carbonyl (C=O) groups is 2. The molecule has 1 aromatic carbocycles. The van der Waals surface area contributed by atoms with Crippen molar-refractivity contribution in [3.8, 4) is 0 Å². The van der Waals surface area contributed by atoms with Gasteiger partial charge in [0.05, 0.1) is 11.7 Å². The van der Waals surface area contributed by atoms with Gasteiger partial charge in [0.25, 0.3) is 0 Å². The minimum Gasteiger partial charge on any atom is -0.396 e. The molecule has 23 heavy (non-hydrogen) atoms. The van der Waals surface area contributed by atoms with Gasteiger partial charge in [-0.05, 0) is 43.9 Å². The largest absolute Gasteiger partial charge is 0.396 e. The Kier molecular flexibility index (Phi) is 4.57. The number of anilines is 1. The molecule has 2 heterocycles. The Morgan fingerprint density at radius 3 is 3.09 bits per heavy atom. The van der Waals surface area contributed by atoms with E-state index in [2.05, 4.69) is 15.5 Å². The number of benzene rings is 1. The SMILES string of the molecule is O=C(Nc1ccc2cn[nH]c2c1)C(=O)N1CCCCC1CCO. The zero-order valence-corrected chi connectivity index (χ0v) is 12.8. The number of piperidine rings is 1. The fraction of sp³-hybridized carbons (Fsp3) is 0.438. The summed E-state index contributed by atoms with van der Waals surface area (Å²) in [7, 11) is 0. The first-order chi connectivity index (χ1) is 11.2. The number of nitrogens with one attached hydrogen (secondary N) is 2. The number of hydrogen-bond donors (Lipinski definition) is 3. The number of aliphatic hydroxyl groups excluding tert-OH is 1. The maximum atomic E-state index is 12.4. The summed E-state index contributed by atoms with van der Waals surface area (Å²) in [5, 5.41) is 19.5. The maximum absolute atomic E-state index is 12.4. The number of fused-ring (bicyclic) bond motifs is 1. The van der Waals surface area contributed by atoms with Gasteiger partial charge in [0.2, 0.25) is 0 Å². The molecule has 7 heteroatoms. The molecule has 0 aliphatic carbocycles. The van der Waals surface area contributed by atoms with E-state index in [0.29, 0.717) is 18.7 Å². The van der Waals surface area contributed by atoms with E-state index >= 15 is 0 Å². The van der Waals surface area contributed by atoms with Crippen LogP contribution in [-0.4, -0.2) is 51.2 Å². The maximum Gasteiger partial charge on any atom is 0.313 e. The molecule has 2 amide bonds. The molecule has 1 atom stereocenters. The fourth-order valence-electron chi connectivity index (χ4n) is 3.05. The van der Waals surface area contributed by atoms with Crippen LogP contribution in [0.2, 0.25) is 0 Å². The lowest BCUT2D eigenvalue weighted by molar-refractivity contribution is -0.146. The summed E-state index contributed by atoms with van der Waals surface area (Å²) in [5.74, 6) is -1.18. The van der Waals surface area contributed by atoms with Crippen LogP contribution in [0.5, 0.6) is 0 Å². The van der Waals surface area contributed by atoms with Gasteiger partial charge in [-0.2, -0.15) is 5.10 Å². The summed E-state index contributed by atoms with van der Waals surface area (Å²) < 4.78 is 0. The summed E-state index contributed by atoms with van der Waals surface area (Å²) >= 11 is 0. The van der Waals surface area contributed by atoms with Gasteiger partial charge in [0.1, 0.15) is 0 Å². The monoisotopic (exact) mass is 316 g/mol. The molecule has 0 spiro atoms. The van der Waals surface area contributed by atoms with Gasteiger partial charge >= 0.3 is 11.8 Å². The Hall–Kier alpha value is -2.41. The highest BCUT2D eigenvalue weighted by molar-refractivity contribution is 6.39. The molecule has 0 saturated carbocycles. The van der Waals surface area contributed by atoms with E-state index in [-0.39, 0.29) is 12.6 Å². The topological polar surface area (TPSA) is 98.3 Å². The third-order valence-electron chi connectivity index (χ3n) is 4.24. The molecule has 3 rings (SSSR count). The van der Waals surface area contributed by atoms with Crippen molar-refractivity contribution in [1.82, 2.24) is 15.1 Å². The average Bonchev–Trinajstić information content (AvgIpc) is 3.02. The van der Waals surface area contributed by atoms with Crippen molar-refractivity contribution in [3.05, 3.63) is 24.4 Å². The molecule has 122 valence electrons. The van der Waals surface area contributed by atoms with Crippen molar-refractivity contribution in [2.24, 2.45) is 0 Å². The second-order valence-electron chi connectivity index (χ2n) is 5.79. The van der Waals surface area contributed by atoms with E-state index < -0.39 is 11.8 Å². The van der Waals surface area contributed by atoms with Gasteiger partial charge < -0.3 is 15.3 Å². The van der Waals surface area contributed by atoms with E-state index in [1.165, 1.54) is 0 Å². The summed E-state index contributed by atoms with van der Waals surface area (Å²) in [6.45, 7) is 0.586. The molecule has 1 saturated heterocycles. The third kappa shape index (κ3) is 3.34. The van der Waals surface area contributed by atoms with E-state index in [9.17, 15) is 9.59 Å². The Morgan fingerprint density at radius 1 is 1.39 bits per heavy atom. The van der Waals surface area contributed by atoms with Crippen LogP contribution in [0.15, 0.2) is 24.4 Å². The van der Waals surface area contributed by atoms with Crippen molar-refractivity contribution in [3.63, 3.8) is 0 Å². The normalized spacial score (nSPS) is 18.1. The van der Waals surface area contributed by atoms with Crippen LogP contribution in [0.4, 0.5) is 5.69 Å². The Bertz CT molecular complexity index is 710. The Morgan fingerprint density at radius 2 is 2.26 bits per heavy atom. The van der Waals surface area contributed by atoms with Gasteiger partial charge in [-0.3, -0.25) is 14.7 Å². The summed E-state index contributed by atoms with van der Waals surface area (Å²) in [6.07, 6.45) is 4.95. The summed E-state index contributed by atoms with van der Waals surface area (Å²) in [4.78, 5) is 26.2. The van der Waals surface area contributed by atoms with Gasteiger partial charge in [-0.25, -0.2) is 0 Å². The van der Waals surface area contributed by atoms with Gasteiger partial charge in [0.15, 0.2) is 0 Å². The summed E-state index contributed by atoms with van der Waals surface area (Å²) in [6, 6.07) is 5.26. The van der Waals surface area contributed by atoms with E-state index in [1.807, 2.05) is 6.07 Å². The Balaban J connectivity index is 1.69. The van der Waals surface area contributed by atoms with Crippen molar-refractivity contribution in [2.75, 3.05) is 18.5 Å². The third-order valence-corrected chi connectivity index (χ3v) is 4.24. The fourth-order valence-corrected chi connectivity index (χ4v) is 3.05. The number of aromatic nitrogens is 2. The molecule has 1 aromatic heterocycles. The quantitative estimate of drug-likeness (QED) is 0.743. The van der Waals surface area contributed by atoms with Crippen molar-refractivity contribution >= 4 is 28.4 Å². The van der Waals surface area contributed by atoms with Crippen molar-refractivity contribution in [2.45, 2.75) is 31.7 Å². The molecule has 1 aliphatic heterocycles. The molecule has 0 bridgehead atoms.